The van der Waals surface area contributed by atoms with Gasteiger partial charge in [0.05, 0.1) is 17.1 Å². The number of hydrogen-bond donors (Lipinski definition) is 1. The Balaban J connectivity index is 1.65. The second-order valence-corrected chi connectivity index (χ2v) is 8.20. The number of carbonyl (C=O) groups excluding carboxylic acids is 1. The minimum atomic E-state index is -0.213. The predicted octanol–water partition coefficient (Wildman–Crippen LogP) is 3.56. The highest BCUT2D eigenvalue weighted by atomic mass is 32.2. The van der Waals surface area contributed by atoms with E-state index in [4.69, 9.17) is 4.42 Å². The molecule has 0 spiro atoms. The van der Waals surface area contributed by atoms with Gasteiger partial charge in [-0.3, -0.25) is 4.79 Å². The second kappa shape index (κ2) is 7.64. The van der Waals surface area contributed by atoms with Gasteiger partial charge in [-0.15, -0.1) is 10.2 Å². The summed E-state index contributed by atoms with van der Waals surface area (Å²) in [6.45, 7) is 6.05. The minimum Gasteiger partial charge on any atom is -0.469 e. The van der Waals surface area contributed by atoms with Crippen molar-refractivity contribution in [3.63, 3.8) is 0 Å². The van der Waals surface area contributed by atoms with E-state index in [2.05, 4.69) is 22.4 Å². The topological polar surface area (TPSA) is 72.9 Å². The summed E-state index contributed by atoms with van der Waals surface area (Å²) in [4.78, 5) is 12.6. The van der Waals surface area contributed by atoms with Crippen molar-refractivity contribution in [1.29, 1.82) is 0 Å². The number of carbonyl (C=O) groups is 1. The lowest BCUT2D eigenvalue weighted by Crippen LogP contribution is -2.44. The van der Waals surface area contributed by atoms with Crippen LogP contribution in [0.1, 0.15) is 45.3 Å². The van der Waals surface area contributed by atoms with Crippen LogP contribution in [0.5, 0.6) is 0 Å². The summed E-state index contributed by atoms with van der Waals surface area (Å²) in [6, 6.07) is 2.18. The number of aromatic nitrogens is 3. The molecule has 1 aliphatic rings. The number of furan rings is 1. The van der Waals surface area contributed by atoms with Gasteiger partial charge < -0.3 is 14.3 Å². The third kappa shape index (κ3) is 3.92. The summed E-state index contributed by atoms with van der Waals surface area (Å²) >= 11 is 1.44. The van der Waals surface area contributed by atoms with Crippen LogP contribution in [-0.4, -0.2) is 32.0 Å². The van der Waals surface area contributed by atoms with Crippen molar-refractivity contribution in [2.75, 3.05) is 0 Å². The molecule has 0 aliphatic heterocycles. The van der Waals surface area contributed by atoms with Gasteiger partial charge in [-0.05, 0) is 38.7 Å². The minimum absolute atomic E-state index is 0.0767. The summed E-state index contributed by atoms with van der Waals surface area (Å²) in [5, 5.41) is 12.2. The van der Waals surface area contributed by atoms with E-state index in [1.165, 1.54) is 31.0 Å². The first kappa shape index (κ1) is 18.0. The highest BCUT2D eigenvalue weighted by Gasteiger charge is 2.26. The van der Waals surface area contributed by atoms with Gasteiger partial charge >= 0.3 is 0 Å². The molecule has 6 nitrogen and oxygen atoms in total. The summed E-state index contributed by atoms with van der Waals surface area (Å²) in [6.07, 6.45) is 6.40. The number of nitrogens with one attached hydrogen (secondary N) is 1. The van der Waals surface area contributed by atoms with Gasteiger partial charge in [-0.25, -0.2) is 0 Å². The van der Waals surface area contributed by atoms with E-state index in [1.54, 1.807) is 6.26 Å². The molecule has 3 rings (SSSR count). The maximum atomic E-state index is 12.6. The number of rotatable bonds is 5. The molecule has 2 aromatic rings. The van der Waals surface area contributed by atoms with Gasteiger partial charge in [0.2, 0.25) is 5.91 Å². The van der Waals surface area contributed by atoms with Crippen LogP contribution in [0.2, 0.25) is 0 Å². The number of amides is 1. The quantitative estimate of drug-likeness (QED) is 0.823. The molecule has 1 fully saturated rings. The van der Waals surface area contributed by atoms with E-state index in [0.29, 0.717) is 12.0 Å². The zero-order valence-corrected chi connectivity index (χ0v) is 16.1. The molecule has 136 valence electrons. The number of aryl methyl sites for hydroxylation is 1. The van der Waals surface area contributed by atoms with Gasteiger partial charge in [-0.2, -0.15) is 0 Å². The highest BCUT2D eigenvalue weighted by molar-refractivity contribution is 8.00. The zero-order valence-electron chi connectivity index (χ0n) is 15.3. The number of nitrogens with zero attached hydrogens (tertiary/aromatic N) is 3. The molecule has 1 N–H and O–H groups in total. The third-order valence-electron chi connectivity index (χ3n) is 5.03. The first-order valence-corrected chi connectivity index (χ1v) is 9.76. The van der Waals surface area contributed by atoms with Crippen LogP contribution in [0.4, 0.5) is 0 Å². The molecule has 3 atom stereocenters. The molecular formula is C18H26N4O2S. The van der Waals surface area contributed by atoms with Gasteiger partial charge in [0, 0.05) is 13.1 Å². The lowest BCUT2D eigenvalue weighted by Gasteiger charge is -2.30. The van der Waals surface area contributed by atoms with E-state index in [1.807, 2.05) is 31.5 Å². The Hall–Kier alpha value is -1.76. The molecule has 1 saturated carbocycles. The van der Waals surface area contributed by atoms with Crippen LogP contribution in [-0.2, 0) is 11.8 Å². The van der Waals surface area contributed by atoms with E-state index in [-0.39, 0.29) is 11.2 Å². The maximum Gasteiger partial charge on any atom is 0.233 e. The first-order valence-electron chi connectivity index (χ1n) is 8.88. The van der Waals surface area contributed by atoms with Crippen molar-refractivity contribution in [2.24, 2.45) is 13.0 Å². The van der Waals surface area contributed by atoms with E-state index in [9.17, 15) is 4.79 Å². The monoisotopic (exact) mass is 362 g/mol. The van der Waals surface area contributed by atoms with Crippen LogP contribution in [0, 0.1) is 12.8 Å². The molecule has 25 heavy (non-hydrogen) atoms. The molecule has 1 aliphatic carbocycles. The average molecular weight is 362 g/mol. The molecule has 7 heteroatoms. The third-order valence-corrected chi connectivity index (χ3v) is 6.16. The number of thioether (sulfide) groups is 1. The van der Waals surface area contributed by atoms with Crippen molar-refractivity contribution in [3.8, 4) is 11.4 Å². The Morgan fingerprint density at radius 2 is 2.16 bits per heavy atom. The normalized spacial score (nSPS) is 21.9. The molecule has 0 radical (unpaired) electrons. The van der Waals surface area contributed by atoms with Crippen LogP contribution in [0.15, 0.2) is 21.9 Å². The molecule has 0 aromatic carbocycles. The highest BCUT2D eigenvalue weighted by Crippen LogP contribution is 2.29. The van der Waals surface area contributed by atoms with E-state index in [0.717, 1.165) is 28.7 Å². The standard InChI is InChI=1S/C18H26N4O2S/c1-11-7-5-6-8-15(11)19-17(23)13(3)25-18-21-20-16(22(18)4)14-9-10-24-12(14)2/h9-11,13,15H,5-8H2,1-4H3,(H,19,23)/t11-,13-,15+/m0/s1. The molecular weight excluding hydrogens is 336 g/mol. The second-order valence-electron chi connectivity index (χ2n) is 6.89. The molecule has 0 unspecified atom stereocenters. The molecule has 0 saturated heterocycles. The molecule has 2 aromatic heterocycles. The lowest BCUT2D eigenvalue weighted by atomic mass is 9.86. The fraction of sp³-hybridized carbons (Fsp3) is 0.611. The Morgan fingerprint density at radius 3 is 2.84 bits per heavy atom. The SMILES string of the molecule is Cc1occc1-c1nnc(S[C@@H](C)C(=O)N[C@@H]2CCCC[C@@H]2C)n1C. The summed E-state index contributed by atoms with van der Waals surface area (Å²) < 4.78 is 7.26. The van der Waals surface area contributed by atoms with E-state index < -0.39 is 0 Å². The fourth-order valence-corrected chi connectivity index (χ4v) is 4.14. The van der Waals surface area contributed by atoms with Crippen LogP contribution in [0.3, 0.4) is 0 Å². The average Bonchev–Trinajstić information content (AvgIpc) is 3.16. The maximum absolute atomic E-state index is 12.6. The van der Waals surface area contributed by atoms with E-state index >= 15 is 0 Å². The molecule has 0 bridgehead atoms. The van der Waals surface area contributed by atoms with Crippen LogP contribution < -0.4 is 5.32 Å². The Labute approximate surface area is 152 Å². The van der Waals surface area contributed by atoms with Crippen molar-refractivity contribution < 1.29 is 9.21 Å². The fourth-order valence-electron chi connectivity index (χ4n) is 3.31. The van der Waals surface area contributed by atoms with Crippen LogP contribution >= 0.6 is 11.8 Å². The Bertz CT molecular complexity index is 739. The van der Waals surface area contributed by atoms with Crippen molar-refractivity contribution in [2.45, 2.75) is 62.9 Å². The first-order chi connectivity index (χ1) is 12.0. The largest absolute Gasteiger partial charge is 0.469 e. The van der Waals surface area contributed by atoms with Crippen molar-refractivity contribution >= 4 is 17.7 Å². The summed E-state index contributed by atoms with van der Waals surface area (Å²) in [5.41, 5.74) is 0.926. The molecule has 1 amide bonds. The summed E-state index contributed by atoms with van der Waals surface area (Å²) in [5.74, 6) is 2.19. The Kier molecular flexibility index (Phi) is 5.51. The van der Waals surface area contributed by atoms with Crippen LogP contribution in [0.25, 0.3) is 11.4 Å². The number of hydrogen-bond acceptors (Lipinski definition) is 5. The zero-order chi connectivity index (χ0) is 18.0. The lowest BCUT2D eigenvalue weighted by molar-refractivity contribution is -0.121. The van der Waals surface area contributed by atoms with Gasteiger partial charge in [0.15, 0.2) is 11.0 Å². The van der Waals surface area contributed by atoms with Gasteiger partial charge in [0.1, 0.15) is 5.76 Å². The van der Waals surface area contributed by atoms with Gasteiger partial charge in [-0.1, -0.05) is 31.5 Å². The smallest absolute Gasteiger partial charge is 0.233 e. The Morgan fingerprint density at radius 1 is 1.40 bits per heavy atom. The van der Waals surface area contributed by atoms with Crippen molar-refractivity contribution in [3.05, 3.63) is 18.1 Å². The molecule has 2 heterocycles. The predicted molar refractivity (Wildman–Crippen MR) is 98.3 cm³/mol. The van der Waals surface area contributed by atoms with Crippen molar-refractivity contribution in [1.82, 2.24) is 20.1 Å². The van der Waals surface area contributed by atoms with Gasteiger partial charge in [0.25, 0.3) is 0 Å². The summed E-state index contributed by atoms with van der Waals surface area (Å²) in [7, 11) is 1.91.